The van der Waals surface area contributed by atoms with Crippen LogP contribution in [0.4, 0.5) is 5.82 Å². The molecule has 28 heavy (non-hydrogen) atoms. The van der Waals surface area contributed by atoms with Crippen LogP contribution in [0.5, 0.6) is 0 Å². The molecule has 2 aromatic rings. The Bertz CT molecular complexity index is 816. The number of pyridine rings is 1. The van der Waals surface area contributed by atoms with E-state index in [1.54, 1.807) is 0 Å². The molecule has 5 rings (SSSR count). The first kappa shape index (κ1) is 17.6. The minimum Gasteiger partial charge on any atom is -0.353 e. The van der Waals surface area contributed by atoms with Gasteiger partial charge in [0.2, 0.25) is 17.6 Å². The molecule has 7 heteroatoms. The molecular formula is C21H27N5O2. The van der Waals surface area contributed by atoms with Crippen LogP contribution in [-0.2, 0) is 4.79 Å². The zero-order valence-corrected chi connectivity index (χ0v) is 16.2. The van der Waals surface area contributed by atoms with Crippen LogP contribution in [0.25, 0.3) is 11.4 Å². The Morgan fingerprint density at radius 1 is 1.00 bits per heavy atom. The number of anilines is 1. The summed E-state index contributed by atoms with van der Waals surface area (Å²) >= 11 is 0. The van der Waals surface area contributed by atoms with Gasteiger partial charge < -0.3 is 14.3 Å². The van der Waals surface area contributed by atoms with Gasteiger partial charge in [-0.15, -0.1) is 0 Å². The van der Waals surface area contributed by atoms with E-state index in [9.17, 15) is 4.79 Å². The van der Waals surface area contributed by atoms with Gasteiger partial charge in [0, 0.05) is 49.8 Å². The monoisotopic (exact) mass is 381 g/mol. The van der Waals surface area contributed by atoms with E-state index in [-0.39, 0.29) is 5.92 Å². The number of nitrogens with zero attached hydrogens (tertiary/aromatic N) is 5. The molecule has 3 fully saturated rings. The molecule has 1 saturated heterocycles. The topological polar surface area (TPSA) is 75.4 Å². The van der Waals surface area contributed by atoms with E-state index in [1.165, 1.54) is 19.3 Å². The van der Waals surface area contributed by atoms with Crippen molar-refractivity contribution in [1.29, 1.82) is 0 Å². The molecule has 3 heterocycles. The highest BCUT2D eigenvalue weighted by molar-refractivity contribution is 5.79. The number of hydrogen-bond donors (Lipinski definition) is 0. The minimum atomic E-state index is 0.258. The minimum absolute atomic E-state index is 0.258. The molecule has 0 bridgehead atoms. The molecule has 0 spiro atoms. The number of hydrogen-bond acceptors (Lipinski definition) is 6. The second kappa shape index (κ2) is 7.53. The quantitative estimate of drug-likeness (QED) is 0.809. The lowest BCUT2D eigenvalue weighted by molar-refractivity contribution is -0.136. The van der Waals surface area contributed by atoms with Crippen molar-refractivity contribution in [2.24, 2.45) is 5.92 Å². The zero-order valence-electron chi connectivity index (χ0n) is 16.2. The Hall–Kier alpha value is -2.44. The summed E-state index contributed by atoms with van der Waals surface area (Å²) in [6.45, 7) is 3.24. The van der Waals surface area contributed by atoms with E-state index in [0.717, 1.165) is 69.1 Å². The number of rotatable bonds is 4. The summed E-state index contributed by atoms with van der Waals surface area (Å²) in [5, 5.41) is 4.08. The van der Waals surface area contributed by atoms with Crippen LogP contribution in [0.1, 0.15) is 56.8 Å². The van der Waals surface area contributed by atoms with Crippen LogP contribution < -0.4 is 4.90 Å². The van der Waals surface area contributed by atoms with Crippen molar-refractivity contribution in [3.63, 3.8) is 0 Å². The second-order valence-corrected chi connectivity index (χ2v) is 8.28. The maximum Gasteiger partial charge on any atom is 0.230 e. The SMILES string of the molecule is O=C(C1CCCCC1)N1CCN(c2ccc(-c3noc(C4CC4)n3)cn2)CC1. The molecule has 0 aromatic carbocycles. The first-order chi connectivity index (χ1) is 13.8. The molecule has 148 valence electrons. The Kier molecular flexibility index (Phi) is 4.74. The third-order valence-corrected chi connectivity index (χ3v) is 6.24. The Morgan fingerprint density at radius 2 is 1.79 bits per heavy atom. The first-order valence-electron chi connectivity index (χ1n) is 10.6. The second-order valence-electron chi connectivity index (χ2n) is 8.28. The predicted molar refractivity (Wildman–Crippen MR) is 105 cm³/mol. The standard InChI is InChI=1S/C21H27N5O2/c27-21(16-4-2-1-3-5-16)26-12-10-25(11-13-26)18-9-8-17(14-22-18)19-23-20(28-24-19)15-6-7-15/h8-9,14-16H,1-7,10-13H2. The molecule has 0 radical (unpaired) electrons. The fraction of sp³-hybridized carbons (Fsp3) is 0.619. The van der Waals surface area contributed by atoms with Crippen molar-refractivity contribution < 1.29 is 9.32 Å². The van der Waals surface area contributed by atoms with Crippen molar-refractivity contribution in [1.82, 2.24) is 20.0 Å². The smallest absolute Gasteiger partial charge is 0.230 e. The fourth-order valence-electron chi connectivity index (χ4n) is 4.32. The van der Waals surface area contributed by atoms with Crippen LogP contribution in [-0.4, -0.2) is 52.1 Å². The number of aromatic nitrogens is 3. The highest BCUT2D eigenvalue weighted by Crippen LogP contribution is 2.39. The van der Waals surface area contributed by atoms with Gasteiger partial charge in [0.05, 0.1) is 0 Å². The number of carbonyl (C=O) groups excluding carboxylic acids is 1. The summed E-state index contributed by atoms with van der Waals surface area (Å²) in [4.78, 5) is 26.1. The highest BCUT2D eigenvalue weighted by Gasteiger charge is 2.30. The predicted octanol–water partition coefficient (Wildman–Crippen LogP) is 3.24. The lowest BCUT2D eigenvalue weighted by Gasteiger charge is -2.37. The summed E-state index contributed by atoms with van der Waals surface area (Å²) in [6.07, 6.45) is 9.94. The summed E-state index contributed by atoms with van der Waals surface area (Å²) < 4.78 is 5.34. The average Bonchev–Trinajstić information content (AvgIpc) is 3.51. The van der Waals surface area contributed by atoms with Crippen LogP contribution in [0, 0.1) is 5.92 Å². The van der Waals surface area contributed by atoms with Crippen LogP contribution in [0.2, 0.25) is 0 Å². The molecule has 2 aromatic heterocycles. The van der Waals surface area contributed by atoms with Crippen molar-refractivity contribution in [3.05, 3.63) is 24.2 Å². The van der Waals surface area contributed by atoms with Gasteiger partial charge in [0.15, 0.2) is 0 Å². The van der Waals surface area contributed by atoms with E-state index in [0.29, 0.717) is 17.6 Å². The third kappa shape index (κ3) is 3.62. The average molecular weight is 381 g/mol. The van der Waals surface area contributed by atoms with Gasteiger partial charge in [-0.3, -0.25) is 4.79 Å². The van der Waals surface area contributed by atoms with Crippen molar-refractivity contribution in [2.45, 2.75) is 50.9 Å². The summed E-state index contributed by atoms with van der Waals surface area (Å²) in [5.74, 6) is 3.39. The van der Waals surface area contributed by atoms with Gasteiger partial charge in [-0.1, -0.05) is 24.4 Å². The molecule has 0 unspecified atom stereocenters. The van der Waals surface area contributed by atoms with Gasteiger partial charge >= 0.3 is 0 Å². The molecule has 2 aliphatic carbocycles. The van der Waals surface area contributed by atoms with E-state index in [2.05, 4.69) is 24.9 Å². The van der Waals surface area contributed by atoms with Crippen LogP contribution >= 0.6 is 0 Å². The number of carbonyl (C=O) groups is 1. The Labute approximate surface area is 165 Å². The summed E-state index contributed by atoms with van der Waals surface area (Å²) in [7, 11) is 0. The lowest BCUT2D eigenvalue weighted by Crippen LogP contribution is -2.50. The zero-order chi connectivity index (χ0) is 18.9. The summed E-state index contributed by atoms with van der Waals surface area (Å²) in [6, 6.07) is 4.02. The highest BCUT2D eigenvalue weighted by atomic mass is 16.5. The van der Waals surface area contributed by atoms with Crippen molar-refractivity contribution in [3.8, 4) is 11.4 Å². The Morgan fingerprint density at radius 3 is 2.46 bits per heavy atom. The van der Waals surface area contributed by atoms with E-state index >= 15 is 0 Å². The molecule has 2 saturated carbocycles. The normalized spacial score (nSPS) is 21.1. The first-order valence-corrected chi connectivity index (χ1v) is 10.6. The van der Waals surface area contributed by atoms with E-state index < -0.39 is 0 Å². The van der Waals surface area contributed by atoms with E-state index in [4.69, 9.17) is 4.52 Å². The number of piperazine rings is 1. The van der Waals surface area contributed by atoms with E-state index in [1.807, 2.05) is 18.3 Å². The molecule has 1 amide bonds. The van der Waals surface area contributed by atoms with Gasteiger partial charge in [0.25, 0.3) is 0 Å². The van der Waals surface area contributed by atoms with Gasteiger partial charge in [0.1, 0.15) is 5.82 Å². The lowest BCUT2D eigenvalue weighted by atomic mass is 9.88. The summed E-state index contributed by atoms with van der Waals surface area (Å²) in [5.41, 5.74) is 0.880. The third-order valence-electron chi connectivity index (χ3n) is 6.24. The maximum atomic E-state index is 12.7. The molecule has 0 atom stereocenters. The molecule has 0 N–H and O–H groups in total. The van der Waals surface area contributed by atoms with Crippen molar-refractivity contribution in [2.75, 3.05) is 31.1 Å². The molecule has 7 nitrogen and oxygen atoms in total. The van der Waals surface area contributed by atoms with Gasteiger partial charge in [-0.25, -0.2) is 4.98 Å². The van der Waals surface area contributed by atoms with Crippen LogP contribution in [0.15, 0.2) is 22.9 Å². The largest absolute Gasteiger partial charge is 0.353 e. The Balaban J connectivity index is 1.18. The maximum absolute atomic E-state index is 12.7. The van der Waals surface area contributed by atoms with Crippen LogP contribution in [0.3, 0.4) is 0 Å². The molecular weight excluding hydrogens is 354 g/mol. The molecule has 3 aliphatic rings. The molecule has 1 aliphatic heterocycles. The fourth-order valence-corrected chi connectivity index (χ4v) is 4.32. The number of amides is 1. The van der Waals surface area contributed by atoms with Gasteiger partial charge in [-0.05, 0) is 37.8 Å². The van der Waals surface area contributed by atoms with Gasteiger partial charge in [-0.2, -0.15) is 4.98 Å². The van der Waals surface area contributed by atoms with Crippen molar-refractivity contribution >= 4 is 11.7 Å².